The molecule has 1 atom stereocenters. The van der Waals surface area contributed by atoms with E-state index in [0.29, 0.717) is 18.7 Å². The summed E-state index contributed by atoms with van der Waals surface area (Å²) in [5.74, 6) is 0.566. The minimum absolute atomic E-state index is 0.00177. The van der Waals surface area contributed by atoms with E-state index in [1.165, 1.54) is 0 Å². The Hall–Kier alpha value is -2.27. The minimum Gasteiger partial charge on any atom is -0.352 e. The predicted octanol–water partition coefficient (Wildman–Crippen LogP) is 4.42. The van der Waals surface area contributed by atoms with E-state index in [2.05, 4.69) is 5.32 Å². The monoisotopic (exact) mass is 398 g/mol. The third-order valence-electron chi connectivity index (χ3n) is 4.53. The molecule has 28 heavy (non-hydrogen) atoms. The number of rotatable bonds is 9. The van der Waals surface area contributed by atoms with Gasteiger partial charge in [-0.05, 0) is 51.0 Å². The van der Waals surface area contributed by atoms with Crippen LogP contribution in [0.5, 0.6) is 0 Å². The van der Waals surface area contributed by atoms with Crippen LogP contribution in [0.2, 0.25) is 0 Å². The first kappa shape index (κ1) is 22.0. The second-order valence-electron chi connectivity index (χ2n) is 7.20. The molecule has 2 aromatic rings. The zero-order valence-electron chi connectivity index (χ0n) is 17.1. The van der Waals surface area contributed by atoms with Gasteiger partial charge in [0.2, 0.25) is 11.8 Å². The van der Waals surface area contributed by atoms with E-state index in [1.54, 1.807) is 23.6 Å². The van der Waals surface area contributed by atoms with E-state index in [0.717, 1.165) is 16.0 Å². The van der Waals surface area contributed by atoms with E-state index in [4.69, 9.17) is 0 Å². The average molecular weight is 399 g/mol. The van der Waals surface area contributed by atoms with Gasteiger partial charge < -0.3 is 10.2 Å². The van der Waals surface area contributed by atoms with Gasteiger partial charge in [-0.1, -0.05) is 42.5 Å². The number of hydrogen-bond acceptors (Lipinski definition) is 3. The summed E-state index contributed by atoms with van der Waals surface area (Å²) in [4.78, 5) is 28.4. The van der Waals surface area contributed by atoms with Crippen molar-refractivity contribution in [2.75, 3.05) is 5.75 Å². The lowest BCUT2D eigenvalue weighted by Crippen LogP contribution is -2.49. The molecule has 1 N–H and O–H groups in total. The maximum absolute atomic E-state index is 13.0. The molecule has 0 saturated carbocycles. The third kappa shape index (κ3) is 6.71. The first-order valence-electron chi connectivity index (χ1n) is 9.70. The van der Waals surface area contributed by atoms with Crippen molar-refractivity contribution in [3.8, 4) is 0 Å². The SMILES string of the molecule is Cc1ccccc1CN(C(=O)CCSc1ccccc1)[C@@H](C)C(=O)NC(C)C. The molecule has 0 heterocycles. The highest BCUT2D eigenvalue weighted by Crippen LogP contribution is 2.20. The molecule has 0 fully saturated rings. The number of thioether (sulfide) groups is 1. The molecule has 0 saturated heterocycles. The molecule has 150 valence electrons. The number of hydrogen-bond donors (Lipinski definition) is 1. The van der Waals surface area contributed by atoms with Crippen LogP contribution in [0, 0.1) is 6.92 Å². The quantitative estimate of drug-likeness (QED) is 0.636. The highest BCUT2D eigenvalue weighted by Gasteiger charge is 2.26. The van der Waals surface area contributed by atoms with E-state index in [-0.39, 0.29) is 17.9 Å². The second kappa shape index (κ2) is 10.9. The first-order valence-corrected chi connectivity index (χ1v) is 10.7. The lowest BCUT2D eigenvalue weighted by Gasteiger charge is -2.30. The van der Waals surface area contributed by atoms with Crippen molar-refractivity contribution < 1.29 is 9.59 Å². The van der Waals surface area contributed by atoms with Gasteiger partial charge in [-0.25, -0.2) is 0 Å². The van der Waals surface area contributed by atoms with Crippen molar-refractivity contribution in [2.45, 2.75) is 57.6 Å². The summed E-state index contributed by atoms with van der Waals surface area (Å²) in [7, 11) is 0. The van der Waals surface area contributed by atoms with Crippen molar-refractivity contribution in [1.82, 2.24) is 10.2 Å². The molecule has 0 aliphatic rings. The van der Waals surface area contributed by atoms with E-state index in [1.807, 2.05) is 75.4 Å². The Balaban J connectivity index is 2.08. The standard InChI is InChI=1S/C23H30N2O2S/c1-17(2)24-23(27)19(4)25(16-20-11-9-8-10-18(20)3)22(26)14-15-28-21-12-6-5-7-13-21/h5-13,17,19H,14-16H2,1-4H3,(H,24,27)/t19-/m0/s1. The number of carbonyl (C=O) groups is 2. The van der Waals surface area contributed by atoms with Crippen LogP contribution in [0.15, 0.2) is 59.5 Å². The fourth-order valence-corrected chi connectivity index (χ4v) is 3.74. The van der Waals surface area contributed by atoms with Gasteiger partial charge in [0.1, 0.15) is 6.04 Å². The Morgan fingerprint density at radius 1 is 1.00 bits per heavy atom. The maximum Gasteiger partial charge on any atom is 0.242 e. The third-order valence-corrected chi connectivity index (χ3v) is 5.54. The lowest BCUT2D eigenvalue weighted by atomic mass is 10.1. The predicted molar refractivity (Wildman–Crippen MR) is 116 cm³/mol. The summed E-state index contributed by atoms with van der Waals surface area (Å²) in [5, 5.41) is 2.92. The number of carbonyl (C=O) groups excluding carboxylic acids is 2. The van der Waals surface area contributed by atoms with Crippen molar-refractivity contribution >= 4 is 23.6 Å². The fourth-order valence-electron chi connectivity index (χ4n) is 2.88. The Kier molecular flexibility index (Phi) is 8.58. The first-order chi connectivity index (χ1) is 13.4. The number of aryl methyl sites for hydroxylation is 1. The van der Waals surface area contributed by atoms with Crippen molar-refractivity contribution in [3.05, 3.63) is 65.7 Å². The Labute approximate surface area is 172 Å². The van der Waals surface area contributed by atoms with Gasteiger partial charge in [0, 0.05) is 29.7 Å². The van der Waals surface area contributed by atoms with Crippen LogP contribution in [0.3, 0.4) is 0 Å². The normalized spacial score (nSPS) is 11.9. The van der Waals surface area contributed by atoms with Gasteiger partial charge in [0.15, 0.2) is 0 Å². The van der Waals surface area contributed by atoms with Gasteiger partial charge in [-0.3, -0.25) is 9.59 Å². The Morgan fingerprint density at radius 2 is 1.64 bits per heavy atom. The molecular weight excluding hydrogens is 368 g/mol. The molecular formula is C23H30N2O2S. The van der Waals surface area contributed by atoms with E-state index >= 15 is 0 Å². The maximum atomic E-state index is 13.0. The van der Waals surface area contributed by atoms with Gasteiger partial charge in [-0.15, -0.1) is 11.8 Å². The fraction of sp³-hybridized carbons (Fsp3) is 0.391. The van der Waals surface area contributed by atoms with Gasteiger partial charge >= 0.3 is 0 Å². The van der Waals surface area contributed by atoms with Gasteiger partial charge in [0.05, 0.1) is 0 Å². The minimum atomic E-state index is -0.517. The summed E-state index contributed by atoms with van der Waals surface area (Å²) in [5.41, 5.74) is 2.19. The van der Waals surface area contributed by atoms with Crippen LogP contribution in [0.1, 0.15) is 38.3 Å². The zero-order valence-corrected chi connectivity index (χ0v) is 18.0. The van der Waals surface area contributed by atoms with Crippen molar-refractivity contribution in [1.29, 1.82) is 0 Å². The Morgan fingerprint density at radius 3 is 2.29 bits per heavy atom. The van der Waals surface area contributed by atoms with E-state index < -0.39 is 6.04 Å². The summed E-state index contributed by atoms with van der Waals surface area (Å²) in [6.07, 6.45) is 0.394. The molecule has 0 spiro atoms. The van der Waals surface area contributed by atoms with Crippen molar-refractivity contribution in [3.63, 3.8) is 0 Å². The molecule has 0 unspecified atom stereocenters. The summed E-state index contributed by atoms with van der Waals surface area (Å²) < 4.78 is 0. The molecule has 2 aromatic carbocycles. The van der Waals surface area contributed by atoms with Crippen LogP contribution in [0.25, 0.3) is 0 Å². The second-order valence-corrected chi connectivity index (χ2v) is 8.37. The Bertz CT molecular complexity index is 777. The highest BCUT2D eigenvalue weighted by molar-refractivity contribution is 7.99. The van der Waals surface area contributed by atoms with Crippen LogP contribution in [0.4, 0.5) is 0 Å². The number of nitrogens with one attached hydrogen (secondary N) is 1. The van der Waals surface area contributed by atoms with Crippen LogP contribution in [-0.4, -0.2) is 34.6 Å². The smallest absolute Gasteiger partial charge is 0.242 e. The molecule has 0 aromatic heterocycles. The molecule has 0 aliphatic carbocycles. The molecule has 0 bridgehead atoms. The van der Waals surface area contributed by atoms with Crippen LogP contribution >= 0.6 is 11.8 Å². The van der Waals surface area contributed by atoms with E-state index in [9.17, 15) is 9.59 Å². The lowest BCUT2D eigenvalue weighted by molar-refractivity contribution is -0.140. The molecule has 0 radical (unpaired) electrons. The van der Waals surface area contributed by atoms with Crippen LogP contribution in [-0.2, 0) is 16.1 Å². The zero-order chi connectivity index (χ0) is 20.5. The largest absolute Gasteiger partial charge is 0.352 e. The summed E-state index contributed by atoms with van der Waals surface area (Å²) >= 11 is 1.66. The highest BCUT2D eigenvalue weighted by atomic mass is 32.2. The summed E-state index contributed by atoms with van der Waals surface area (Å²) in [6.45, 7) is 8.12. The number of nitrogens with zero attached hydrogens (tertiary/aromatic N) is 1. The molecule has 5 heteroatoms. The molecule has 4 nitrogen and oxygen atoms in total. The molecule has 0 aliphatic heterocycles. The van der Waals surface area contributed by atoms with Crippen molar-refractivity contribution in [2.24, 2.45) is 0 Å². The number of amides is 2. The number of benzene rings is 2. The molecule has 2 rings (SSSR count). The van der Waals surface area contributed by atoms with Crippen LogP contribution < -0.4 is 5.32 Å². The molecule has 2 amide bonds. The van der Waals surface area contributed by atoms with Gasteiger partial charge in [0.25, 0.3) is 0 Å². The summed E-state index contributed by atoms with van der Waals surface area (Å²) in [6, 6.07) is 17.6. The topological polar surface area (TPSA) is 49.4 Å². The van der Waals surface area contributed by atoms with Gasteiger partial charge in [-0.2, -0.15) is 0 Å². The average Bonchev–Trinajstić information content (AvgIpc) is 2.67.